The number of likely N-dealkylation sites (N-methyl/N-ethyl adjacent to an activating group) is 1. The van der Waals surface area contributed by atoms with Gasteiger partial charge in [0.2, 0.25) is 5.88 Å². The third-order valence-electron chi connectivity index (χ3n) is 9.52. The summed E-state index contributed by atoms with van der Waals surface area (Å²) >= 11 is 0. The Hall–Kier alpha value is -4.70. The van der Waals surface area contributed by atoms with Crippen molar-refractivity contribution in [2.24, 2.45) is 0 Å². The summed E-state index contributed by atoms with van der Waals surface area (Å²) in [4.78, 5) is 20.7. The standard InChI is InChI=1S/C34H36F3N7O3/c1-18-16-23-30(29(37)27(18)28-24(36)8-6-10-26(28)46-5)39-33(47-20(3)25-9-7-14-42(25)4)31-32(23)44(41-40-31)22-12-15-43(34(45)19(2)35)21(17-22)11-13-38/h6,8,10,16,20-22,25H,2,7,9,11-12,14-15,17H2,1,3-5H3/t20-,21+,22-,25-/m0/s1. The van der Waals surface area contributed by atoms with Gasteiger partial charge in [-0.1, -0.05) is 17.9 Å². The molecule has 10 nitrogen and oxygen atoms in total. The molecule has 4 atom stereocenters. The Labute approximate surface area is 270 Å². The number of benzene rings is 2. The summed E-state index contributed by atoms with van der Waals surface area (Å²) < 4.78 is 59.5. The first-order chi connectivity index (χ1) is 22.5. The number of amides is 1. The van der Waals surface area contributed by atoms with Crippen LogP contribution in [-0.4, -0.2) is 81.1 Å². The van der Waals surface area contributed by atoms with E-state index in [-0.39, 0.29) is 65.8 Å². The molecule has 0 spiro atoms. The zero-order valence-electron chi connectivity index (χ0n) is 26.8. The van der Waals surface area contributed by atoms with Crippen LogP contribution in [0, 0.1) is 29.9 Å². The maximum Gasteiger partial charge on any atom is 0.282 e. The number of likely N-dealkylation sites (tertiary alicyclic amines) is 2. The van der Waals surface area contributed by atoms with E-state index in [0.717, 1.165) is 19.4 Å². The lowest BCUT2D eigenvalue weighted by Gasteiger charge is -2.38. The highest BCUT2D eigenvalue weighted by Gasteiger charge is 2.36. The molecule has 2 aliphatic rings. The van der Waals surface area contributed by atoms with Crippen LogP contribution in [0.25, 0.3) is 33.1 Å². The Morgan fingerprint density at radius 3 is 2.68 bits per heavy atom. The number of carbonyl (C=O) groups excluding carboxylic acids is 1. The molecule has 4 aromatic rings. The lowest BCUT2D eigenvalue weighted by molar-refractivity contribution is -0.132. The number of aryl methyl sites for hydroxylation is 1. The Balaban J connectivity index is 1.54. The summed E-state index contributed by atoms with van der Waals surface area (Å²) in [5, 5.41) is 18.9. The van der Waals surface area contributed by atoms with E-state index in [4.69, 9.17) is 9.47 Å². The van der Waals surface area contributed by atoms with Gasteiger partial charge in [-0.3, -0.25) is 9.69 Å². The number of carbonyl (C=O) groups is 1. The van der Waals surface area contributed by atoms with E-state index in [2.05, 4.69) is 32.8 Å². The van der Waals surface area contributed by atoms with Gasteiger partial charge >= 0.3 is 0 Å². The third kappa shape index (κ3) is 5.65. The minimum absolute atomic E-state index is 0.0141. The van der Waals surface area contributed by atoms with E-state index >= 15 is 8.78 Å². The van der Waals surface area contributed by atoms with Crippen molar-refractivity contribution in [1.82, 2.24) is 29.8 Å². The van der Waals surface area contributed by atoms with Crippen molar-refractivity contribution in [2.75, 3.05) is 27.2 Å². The van der Waals surface area contributed by atoms with Crippen LogP contribution in [0.3, 0.4) is 0 Å². The monoisotopic (exact) mass is 647 g/mol. The van der Waals surface area contributed by atoms with Crippen LogP contribution in [0.5, 0.6) is 11.6 Å². The van der Waals surface area contributed by atoms with Crippen LogP contribution < -0.4 is 9.47 Å². The van der Waals surface area contributed by atoms with Gasteiger partial charge in [0.05, 0.1) is 31.2 Å². The molecule has 0 aliphatic carbocycles. The van der Waals surface area contributed by atoms with Gasteiger partial charge in [0.15, 0.2) is 17.2 Å². The number of nitriles is 1. The van der Waals surface area contributed by atoms with Gasteiger partial charge in [-0.05, 0) is 76.9 Å². The minimum Gasteiger partial charge on any atom is -0.496 e. The summed E-state index contributed by atoms with van der Waals surface area (Å²) in [5.41, 5.74) is 1.17. The fourth-order valence-electron chi connectivity index (χ4n) is 7.22. The minimum atomic E-state index is -1.09. The lowest BCUT2D eigenvalue weighted by Crippen LogP contribution is -2.46. The van der Waals surface area contributed by atoms with Gasteiger partial charge in [-0.25, -0.2) is 22.8 Å². The molecule has 0 bridgehead atoms. The molecule has 0 unspecified atom stereocenters. The second-order valence-corrected chi connectivity index (χ2v) is 12.4. The van der Waals surface area contributed by atoms with Crippen molar-refractivity contribution in [3.63, 3.8) is 0 Å². The number of halogens is 3. The molecule has 6 rings (SSSR count). The van der Waals surface area contributed by atoms with Crippen molar-refractivity contribution in [3.05, 3.63) is 53.9 Å². The molecule has 246 valence electrons. The summed E-state index contributed by atoms with van der Waals surface area (Å²) in [5.74, 6) is -3.07. The van der Waals surface area contributed by atoms with E-state index in [1.54, 1.807) is 23.7 Å². The van der Waals surface area contributed by atoms with E-state index < -0.39 is 29.4 Å². The summed E-state index contributed by atoms with van der Waals surface area (Å²) in [6.07, 6.45) is 2.26. The van der Waals surface area contributed by atoms with Crippen LogP contribution in [0.15, 0.2) is 36.7 Å². The number of hydrogen-bond acceptors (Lipinski definition) is 8. The number of fused-ring (bicyclic) bond motifs is 3. The SMILES string of the molecule is C=C(F)C(=O)N1CC[C@H](n2nnc3c(O[C@@H](C)[C@@H]4CCCN4C)nc4c(F)c(-c5c(F)cccc5OC)c(C)cc4c32)C[C@H]1CC#N. The van der Waals surface area contributed by atoms with Crippen molar-refractivity contribution in [3.8, 4) is 28.8 Å². The lowest BCUT2D eigenvalue weighted by atomic mass is 9.94. The van der Waals surface area contributed by atoms with Crippen LogP contribution in [0.2, 0.25) is 0 Å². The first-order valence-electron chi connectivity index (χ1n) is 15.6. The first-order valence-corrected chi connectivity index (χ1v) is 15.6. The number of rotatable bonds is 8. The molecular formula is C34H36F3N7O3. The molecule has 1 amide bonds. The summed E-state index contributed by atoms with van der Waals surface area (Å²) in [7, 11) is 3.43. The number of ether oxygens (including phenoxy) is 2. The molecular weight excluding hydrogens is 611 g/mol. The maximum absolute atomic E-state index is 16.9. The van der Waals surface area contributed by atoms with Gasteiger partial charge in [0, 0.05) is 29.6 Å². The average Bonchev–Trinajstić information content (AvgIpc) is 3.69. The van der Waals surface area contributed by atoms with E-state index in [1.807, 2.05) is 14.0 Å². The van der Waals surface area contributed by atoms with E-state index in [9.17, 15) is 14.4 Å². The van der Waals surface area contributed by atoms with Crippen molar-refractivity contribution < 1.29 is 27.4 Å². The molecule has 4 heterocycles. The zero-order chi connectivity index (χ0) is 33.6. The van der Waals surface area contributed by atoms with E-state index in [1.165, 1.54) is 24.1 Å². The molecule has 13 heteroatoms. The van der Waals surface area contributed by atoms with Gasteiger partial charge in [-0.15, -0.1) is 5.10 Å². The Kier molecular flexibility index (Phi) is 8.80. The Morgan fingerprint density at radius 1 is 1.21 bits per heavy atom. The van der Waals surface area contributed by atoms with Crippen molar-refractivity contribution in [1.29, 1.82) is 5.26 Å². The fourth-order valence-corrected chi connectivity index (χ4v) is 7.22. The number of pyridine rings is 1. The van der Waals surface area contributed by atoms with Gasteiger partial charge in [-0.2, -0.15) is 5.26 Å². The molecule has 47 heavy (non-hydrogen) atoms. The highest BCUT2D eigenvalue weighted by molar-refractivity contribution is 6.06. The van der Waals surface area contributed by atoms with Crippen LogP contribution in [0.4, 0.5) is 13.2 Å². The Bertz CT molecular complexity index is 1920. The van der Waals surface area contributed by atoms with Gasteiger partial charge in [0.1, 0.15) is 28.7 Å². The quantitative estimate of drug-likeness (QED) is 0.213. The Morgan fingerprint density at radius 2 is 2.00 bits per heavy atom. The second-order valence-electron chi connectivity index (χ2n) is 12.4. The average molecular weight is 648 g/mol. The van der Waals surface area contributed by atoms with Crippen LogP contribution in [-0.2, 0) is 4.79 Å². The molecule has 0 saturated carbocycles. The predicted molar refractivity (Wildman–Crippen MR) is 169 cm³/mol. The predicted octanol–water partition coefficient (Wildman–Crippen LogP) is 6.03. The third-order valence-corrected chi connectivity index (χ3v) is 9.52. The molecule has 2 aromatic carbocycles. The number of piperidine rings is 1. The van der Waals surface area contributed by atoms with E-state index in [0.29, 0.717) is 28.4 Å². The molecule has 2 aliphatic heterocycles. The zero-order valence-corrected chi connectivity index (χ0v) is 26.8. The van der Waals surface area contributed by atoms with Crippen LogP contribution >= 0.6 is 0 Å². The largest absolute Gasteiger partial charge is 0.496 e. The summed E-state index contributed by atoms with van der Waals surface area (Å²) in [6, 6.07) is 7.26. The smallest absolute Gasteiger partial charge is 0.282 e. The van der Waals surface area contributed by atoms with Crippen molar-refractivity contribution >= 4 is 27.8 Å². The highest BCUT2D eigenvalue weighted by atomic mass is 19.1. The molecule has 2 fully saturated rings. The molecule has 0 N–H and O–H groups in total. The molecule has 2 saturated heterocycles. The normalized spacial score (nSPS) is 20.8. The maximum atomic E-state index is 16.9. The van der Waals surface area contributed by atoms with Crippen molar-refractivity contribution in [2.45, 2.75) is 70.2 Å². The summed E-state index contributed by atoms with van der Waals surface area (Å²) in [6.45, 7) is 7.84. The first kappa shape index (κ1) is 32.2. The van der Waals surface area contributed by atoms with Crippen LogP contribution in [0.1, 0.15) is 50.6 Å². The highest BCUT2D eigenvalue weighted by Crippen LogP contribution is 2.42. The fraction of sp³-hybridized carbons (Fsp3) is 0.441. The number of methoxy groups -OCH3 is 1. The number of aromatic nitrogens is 4. The van der Waals surface area contributed by atoms with Gasteiger partial charge < -0.3 is 14.4 Å². The van der Waals surface area contributed by atoms with Gasteiger partial charge in [0.25, 0.3) is 5.91 Å². The number of hydrogen-bond donors (Lipinski definition) is 0. The molecule has 2 aromatic heterocycles. The number of nitrogens with zero attached hydrogens (tertiary/aromatic N) is 7. The second kappa shape index (κ2) is 12.8. The topological polar surface area (TPSA) is 109 Å². The molecule has 0 radical (unpaired) electrons.